The molecule has 3 fully saturated rings. The molecule has 2 bridgehead atoms. The zero-order valence-electron chi connectivity index (χ0n) is 17.1. The second kappa shape index (κ2) is 5.75. The number of para-hydroxylation sites is 1. The SMILES string of the molecule is Cc1c(C(=O)O)c2ccccc2n1C(C)C12CC(NC(=O)OC(C)(C)C)(C1)C2. The Labute approximate surface area is 164 Å². The molecule has 3 aliphatic carbocycles. The van der Waals surface area contributed by atoms with Crippen LogP contribution in [0.3, 0.4) is 0 Å². The third-order valence-electron chi connectivity index (χ3n) is 6.48. The average Bonchev–Trinajstić information content (AvgIpc) is 2.79. The third kappa shape index (κ3) is 2.69. The first kappa shape index (κ1) is 18.8. The number of amides is 1. The number of carboxylic acid groups (broad SMARTS) is 1. The number of ether oxygens (including phenoxy) is 1. The highest BCUT2D eigenvalue weighted by Gasteiger charge is 2.71. The number of aromatic nitrogens is 1. The highest BCUT2D eigenvalue weighted by Crippen LogP contribution is 2.72. The molecular formula is C22H28N2O4. The van der Waals surface area contributed by atoms with Gasteiger partial charge >= 0.3 is 12.1 Å². The zero-order valence-corrected chi connectivity index (χ0v) is 17.1. The lowest BCUT2D eigenvalue weighted by Gasteiger charge is -2.72. The molecule has 0 spiro atoms. The van der Waals surface area contributed by atoms with E-state index in [1.54, 1.807) is 0 Å². The summed E-state index contributed by atoms with van der Waals surface area (Å²) in [5.74, 6) is -0.889. The van der Waals surface area contributed by atoms with Crippen LogP contribution in [0, 0.1) is 12.3 Å². The molecule has 0 aliphatic heterocycles. The maximum Gasteiger partial charge on any atom is 0.408 e. The summed E-state index contributed by atoms with van der Waals surface area (Å²) in [7, 11) is 0. The molecule has 6 heteroatoms. The van der Waals surface area contributed by atoms with E-state index in [0.29, 0.717) is 5.56 Å². The summed E-state index contributed by atoms with van der Waals surface area (Å²) >= 11 is 0. The number of rotatable bonds is 4. The molecule has 1 unspecified atom stereocenters. The van der Waals surface area contributed by atoms with E-state index in [2.05, 4.69) is 16.8 Å². The van der Waals surface area contributed by atoms with Gasteiger partial charge in [0.25, 0.3) is 0 Å². The molecule has 1 aromatic heterocycles. The first-order valence-electron chi connectivity index (χ1n) is 9.81. The molecule has 3 aliphatic rings. The fraction of sp³-hybridized carbons (Fsp3) is 0.545. The van der Waals surface area contributed by atoms with E-state index >= 15 is 0 Å². The summed E-state index contributed by atoms with van der Waals surface area (Å²) < 4.78 is 7.57. The van der Waals surface area contributed by atoms with E-state index in [0.717, 1.165) is 35.9 Å². The summed E-state index contributed by atoms with van der Waals surface area (Å²) in [5.41, 5.74) is 1.56. The molecule has 0 radical (unpaired) electrons. The Morgan fingerprint density at radius 1 is 1.21 bits per heavy atom. The molecule has 3 saturated carbocycles. The number of benzene rings is 1. The van der Waals surface area contributed by atoms with Gasteiger partial charge in [0.2, 0.25) is 0 Å². The van der Waals surface area contributed by atoms with Crippen molar-refractivity contribution >= 4 is 23.0 Å². The van der Waals surface area contributed by atoms with Crippen molar-refractivity contribution < 1.29 is 19.4 Å². The fourth-order valence-corrected chi connectivity index (χ4v) is 5.40. The Kier molecular flexibility index (Phi) is 3.87. The van der Waals surface area contributed by atoms with Gasteiger partial charge in [0.05, 0.1) is 5.56 Å². The van der Waals surface area contributed by atoms with E-state index in [9.17, 15) is 14.7 Å². The van der Waals surface area contributed by atoms with Crippen LogP contribution < -0.4 is 5.32 Å². The molecule has 2 aromatic rings. The van der Waals surface area contributed by atoms with Gasteiger partial charge in [0, 0.05) is 28.2 Å². The van der Waals surface area contributed by atoms with E-state index in [1.807, 2.05) is 52.0 Å². The monoisotopic (exact) mass is 384 g/mol. The van der Waals surface area contributed by atoms with Crippen molar-refractivity contribution in [1.82, 2.24) is 9.88 Å². The molecule has 5 rings (SSSR count). The Bertz CT molecular complexity index is 963. The summed E-state index contributed by atoms with van der Waals surface area (Å²) in [5, 5.41) is 13.5. The van der Waals surface area contributed by atoms with E-state index in [-0.39, 0.29) is 23.1 Å². The van der Waals surface area contributed by atoms with Gasteiger partial charge < -0.3 is 19.7 Å². The van der Waals surface area contributed by atoms with Gasteiger partial charge in [0.1, 0.15) is 5.60 Å². The molecule has 6 nitrogen and oxygen atoms in total. The number of hydrogen-bond donors (Lipinski definition) is 2. The number of carbonyl (C=O) groups is 2. The molecular weight excluding hydrogens is 356 g/mol. The van der Waals surface area contributed by atoms with Crippen LogP contribution in [0.1, 0.15) is 69.1 Å². The van der Waals surface area contributed by atoms with Crippen LogP contribution in [0.25, 0.3) is 10.9 Å². The lowest BCUT2D eigenvalue weighted by atomic mass is 9.37. The topological polar surface area (TPSA) is 80.6 Å². The van der Waals surface area contributed by atoms with Crippen LogP contribution in [-0.2, 0) is 4.74 Å². The molecule has 150 valence electrons. The van der Waals surface area contributed by atoms with Crippen molar-refractivity contribution in [3.8, 4) is 0 Å². The van der Waals surface area contributed by atoms with Crippen LogP contribution in [0.5, 0.6) is 0 Å². The molecule has 1 heterocycles. The van der Waals surface area contributed by atoms with Gasteiger partial charge in [-0.3, -0.25) is 0 Å². The highest BCUT2D eigenvalue weighted by molar-refractivity contribution is 6.05. The number of fused-ring (bicyclic) bond motifs is 1. The van der Waals surface area contributed by atoms with Crippen molar-refractivity contribution in [2.24, 2.45) is 5.41 Å². The molecule has 0 saturated heterocycles. The first-order valence-corrected chi connectivity index (χ1v) is 9.81. The van der Waals surface area contributed by atoms with Crippen molar-refractivity contribution in [2.75, 3.05) is 0 Å². The minimum atomic E-state index is -0.889. The minimum Gasteiger partial charge on any atom is -0.478 e. The second-order valence-corrected chi connectivity index (χ2v) is 9.63. The lowest BCUT2D eigenvalue weighted by Crippen LogP contribution is -2.76. The van der Waals surface area contributed by atoms with Crippen molar-refractivity contribution in [3.63, 3.8) is 0 Å². The number of alkyl carbamates (subject to hydrolysis) is 1. The number of hydrogen-bond acceptors (Lipinski definition) is 3. The third-order valence-corrected chi connectivity index (χ3v) is 6.48. The normalized spacial score (nSPS) is 26.9. The maximum absolute atomic E-state index is 12.1. The van der Waals surface area contributed by atoms with Crippen LogP contribution >= 0.6 is 0 Å². The Hall–Kier alpha value is -2.50. The van der Waals surface area contributed by atoms with Crippen LogP contribution in [-0.4, -0.2) is 32.9 Å². The average molecular weight is 384 g/mol. The zero-order chi connectivity index (χ0) is 20.5. The summed E-state index contributed by atoms with van der Waals surface area (Å²) in [6, 6.07) is 7.86. The van der Waals surface area contributed by atoms with Gasteiger partial charge in [-0.25, -0.2) is 9.59 Å². The quantitative estimate of drug-likeness (QED) is 0.804. The fourth-order valence-electron chi connectivity index (χ4n) is 5.40. The van der Waals surface area contributed by atoms with Crippen molar-refractivity contribution in [2.45, 2.75) is 71.1 Å². The summed E-state index contributed by atoms with van der Waals surface area (Å²) in [4.78, 5) is 24.0. The number of nitrogens with zero attached hydrogens (tertiary/aromatic N) is 1. The van der Waals surface area contributed by atoms with Crippen LogP contribution in [0.15, 0.2) is 24.3 Å². The summed E-state index contributed by atoms with van der Waals surface area (Å²) in [6.07, 6.45) is 2.34. The highest BCUT2D eigenvalue weighted by atomic mass is 16.6. The van der Waals surface area contributed by atoms with Gasteiger partial charge in [-0.05, 0) is 65.4 Å². The van der Waals surface area contributed by atoms with Gasteiger partial charge in [0.15, 0.2) is 0 Å². The molecule has 1 aromatic carbocycles. The van der Waals surface area contributed by atoms with Crippen molar-refractivity contribution in [3.05, 3.63) is 35.5 Å². The smallest absolute Gasteiger partial charge is 0.408 e. The van der Waals surface area contributed by atoms with Gasteiger partial charge in [-0.15, -0.1) is 0 Å². The Morgan fingerprint density at radius 3 is 2.39 bits per heavy atom. The number of carbonyl (C=O) groups excluding carboxylic acids is 1. The molecule has 1 atom stereocenters. The predicted molar refractivity (Wildman–Crippen MR) is 107 cm³/mol. The van der Waals surface area contributed by atoms with E-state index in [1.165, 1.54) is 0 Å². The number of carboxylic acids is 1. The standard InChI is InChI=1S/C22H28N2O4/c1-13-17(18(25)26)15-8-6-7-9-16(15)24(13)14(2)21-10-22(11-21,12-21)23-19(27)28-20(3,4)5/h6-9,14H,10-12H2,1-5H3,(H,23,27)(H,25,26). The van der Waals surface area contributed by atoms with Gasteiger partial charge in [-0.2, -0.15) is 0 Å². The van der Waals surface area contributed by atoms with Crippen LogP contribution in [0.4, 0.5) is 4.79 Å². The Balaban J connectivity index is 1.56. The van der Waals surface area contributed by atoms with Crippen molar-refractivity contribution in [1.29, 1.82) is 0 Å². The predicted octanol–water partition coefficient (Wildman–Crippen LogP) is 4.66. The molecule has 28 heavy (non-hydrogen) atoms. The molecule has 1 amide bonds. The molecule has 2 N–H and O–H groups in total. The van der Waals surface area contributed by atoms with Crippen LogP contribution in [0.2, 0.25) is 0 Å². The Morgan fingerprint density at radius 2 is 1.82 bits per heavy atom. The van der Waals surface area contributed by atoms with E-state index < -0.39 is 11.6 Å². The number of nitrogens with one attached hydrogen (secondary N) is 1. The maximum atomic E-state index is 12.1. The first-order chi connectivity index (χ1) is 13.0. The number of aromatic carboxylic acids is 1. The minimum absolute atomic E-state index is 0.0946. The second-order valence-electron chi connectivity index (χ2n) is 9.63. The lowest BCUT2D eigenvalue weighted by molar-refractivity contribution is -0.178. The largest absolute Gasteiger partial charge is 0.478 e. The van der Waals surface area contributed by atoms with E-state index in [4.69, 9.17) is 4.74 Å². The summed E-state index contributed by atoms with van der Waals surface area (Å²) in [6.45, 7) is 9.64. The van der Waals surface area contributed by atoms with Gasteiger partial charge in [-0.1, -0.05) is 18.2 Å².